The summed E-state index contributed by atoms with van der Waals surface area (Å²) in [6.07, 6.45) is 2.21. The van der Waals surface area contributed by atoms with E-state index < -0.39 is 0 Å². The van der Waals surface area contributed by atoms with Crippen molar-refractivity contribution in [2.45, 2.75) is 39.2 Å². The average molecular weight is 267 g/mol. The largest absolute Gasteiger partial charge is 0.311 e. The molecule has 1 aromatic heterocycles. The van der Waals surface area contributed by atoms with Gasteiger partial charge in [-0.1, -0.05) is 44.2 Å². The van der Waals surface area contributed by atoms with Crippen LogP contribution in [0.2, 0.25) is 0 Å². The predicted octanol–water partition coefficient (Wildman–Crippen LogP) is 3.30. The summed E-state index contributed by atoms with van der Waals surface area (Å²) in [4.78, 5) is 9.64. The van der Waals surface area contributed by atoms with E-state index in [-0.39, 0.29) is 0 Å². The Balaban J connectivity index is 2.18. The quantitative estimate of drug-likeness (QED) is 0.907. The molecule has 0 unspecified atom stereocenters. The minimum Gasteiger partial charge on any atom is -0.311 e. The van der Waals surface area contributed by atoms with Gasteiger partial charge in [0.2, 0.25) is 0 Å². The van der Waals surface area contributed by atoms with Crippen LogP contribution in [0, 0.1) is 0 Å². The summed E-state index contributed by atoms with van der Waals surface area (Å²) in [5, 5.41) is 3.46. The lowest BCUT2D eigenvalue weighted by atomic mass is 10.00. The first-order chi connectivity index (χ1) is 9.75. The highest BCUT2D eigenvalue weighted by molar-refractivity contribution is 5.64. The molecule has 1 aliphatic heterocycles. The monoisotopic (exact) mass is 267 g/mol. The second kappa shape index (κ2) is 5.71. The summed E-state index contributed by atoms with van der Waals surface area (Å²) in [6, 6.07) is 10.5. The smallest absolute Gasteiger partial charge is 0.131 e. The van der Waals surface area contributed by atoms with Crippen LogP contribution in [0.3, 0.4) is 0 Å². The fourth-order valence-corrected chi connectivity index (χ4v) is 2.65. The molecule has 3 rings (SSSR count). The third kappa shape index (κ3) is 2.59. The van der Waals surface area contributed by atoms with Gasteiger partial charge in [0.25, 0.3) is 0 Å². The molecule has 0 spiro atoms. The van der Waals surface area contributed by atoms with Crippen molar-refractivity contribution in [1.82, 2.24) is 15.3 Å². The van der Waals surface area contributed by atoms with Gasteiger partial charge in [0.1, 0.15) is 5.82 Å². The highest BCUT2D eigenvalue weighted by Gasteiger charge is 2.18. The van der Waals surface area contributed by atoms with E-state index in [0.717, 1.165) is 37.4 Å². The Kier molecular flexibility index (Phi) is 3.79. The van der Waals surface area contributed by atoms with Crippen LogP contribution < -0.4 is 5.32 Å². The standard InChI is InChI=1S/C17H21N3/c1-12(2)17-19-15-11-18-10-6-9-14(15)16(20-17)13-7-4-3-5-8-13/h3-5,7-8,12,18H,6,9-11H2,1-2H3. The Morgan fingerprint density at radius 2 is 1.90 bits per heavy atom. The zero-order chi connectivity index (χ0) is 13.9. The van der Waals surface area contributed by atoms with Crippen LogP contribution in [-0.2, 0) is 13.0 Å². The average Bonchev–Trinajstić information content (AvgIpc) is 2.72. The molecule has 0 aliphatic carbocycles. The van der Waals surface area contributed by atoms with Crippen molar-refractivity contribution >= 4 is 0 Å². The number of rotatable bonds is 2. The first-order valence-corrected chi connectivity index (χ1v) is 7.41. The SMILES string of the molecule is CC(C)c1nc2c(c(-c3ccccc3)n1)CCCNC2. The van der Waals surface area contributed by atoms with Gasteiger partial charge in [-0.3, -0.25) is 0 Å². The van der Waals surface area contributed by atoms with Crippen LogP contribution in [0.4, 0.5) is 0 Å². The van der Waals surface area contributed by atoms with Crippen LogP contribution in [0.25, 0.3) is 11.3 Å². The molecule has 0 radical (unpaired) electrons. The Bertz CT molecular complexity index is 591. The van der Waals surface area contributed by atoms with Gasteiger partial charge >= 0.3 is 0 Å². The summed E-state index contributed by atoms with van der Waals surface area (Å²) in [5.41, 5.74) is 4.84. The second-order valence-corrected chi connectivity index (χ2v) is 5.66. The lowest BCUT2D eigenvalue weighted by Crippen LogP contribution is -2.14. The van der Waals surface area contributed by atoms with Gasteiger partial charge in [-0.15, -0.1) is 0 Å². The van der Waals surface area contributed by atoms with Crippen molar-refractivity contribution < 1.29 is 0 Å². The molecule has 0 fully saturated rings. The molecule has 3 heteroatoms. The van der Waals surface area contributed by atoms with E-state index in [0.29, 0.717) is 5.92 Å². The molecular formula is C17H21N3. The maximum atomic E-state index is 4.86. The molecular weight excluding hydrogens is 246 g/mol. The number of benzene rings is 1. The Labute approximate surface area is 120 Å². The van der Waals surface area contributed by atoms with Crippen molar-refractivity contribution in [3.63, 3.8) is 0 Å². The molecule has 1 N–H and O–H groups in total. The summed E-state index contributed by atoms with van der Waals surface area (Å²) in [5.74, 6) is 1.30. The van der Waals surface area contributed by atoms with Gasteiger partial charge in [0, 0.05) is 23.6 Å². The van der Waals surface area contributed by atoms with Gasteiger partial charge in [-0.05, 0) is 19.4 Å². The fourth-order valence-electron chi connectivity index (χ4n) is 2.65. The second-order valence-electron chi connectivity index (χ2n) is 5.66. The molecule has 0 saturated heterocycles. The summed E-state index contributed by atoms with van der Waals surface area (Å²) >= 11 is 0. The minimum atomic E-state index is 0.353. The van der Waals surface area contributed by atoms with Crippen molar-refractivity contribution in [2.75, 3.05) is 6.54 Å². The van der Waals surface area contributed by atoms with Crippen molar-refractivity contribution in [1.29, 1.82) is 0 Å². The van der Waals surface area contributed by atoms with Gasteiger partial charge in [-0.2, -0.15) is 0 Å². The summed E-state index contributed by atoms with van der Waals surface area (Å²) < 4.78 is 0. The summed E-state index contributed by atoms with van der Waals surface area (Å²) in [6.45, 7) is 6.22. The molecule has 0 amide bonds. The first-order valence-electron chi connectivity index (χ1n) is 7.41. The number of hydrogen-bond donors (Lipinski definition) is 1. The van der Waals surface area contributed by atoms with E-state index in [1.807, 2.05) is 6.07 Å². The van der Waals surface area contributed by atoms with E-state index >= 15 is 0 Å². The topological polar surface area (TPSA) is 37.8 Å². The van der Waals surface area contributed by atoms with E-state index in [2.05, 4.69) is 43.4 Å². The first kappa shape index (κ1) is 13.3. The lowest BCUT2D eigenvalue weighted by molar-refractivity contribution is 0.669. The van der Waals surface area contributed by atoms with E-state index in [1.165, 1.54) is 16.8 Å². The predicted molar refractivity (Wildman–Crippen MR) is 81.6 cm³/mol. The van der Waals surface area contributed by atoms with Crippen LogP contribution >= 0.6 is 0 Å². The van der Waals surface area contributed by atoms with Crippen molar-refractivity contribution in [3.05, 3.63) is 47.4 Å². The molecule has 0 saturated carbocycles. The van der Waals surface area contributed by atoms with E-state index in [4.69, 9.17) is 9.97 Å². The molecule has 1 aliphatic rings. The Hall–Kier alpha value is -1.74. The highest BCUT2D eigenvalue weighted by atomic mass is 15.0. The zero-order valence-corrected chi connectivity index (χ0v) is 12.2. The molecule has 1 aromatic carbocycles. The number of nitrogens with zero attached hydrogens (tertiary/aromatic N) is 2. The molecule has 3 nitrogen and oxygen atoms in total. The van der Waals surface area contributed by atoms with Crippen LogP contribution in [0.5, 0.6) is 0 Å². The Morgan fingerprint density at radius 1 is 1.10 bits per heavy atom. The summed E-state index contributed by atoms with van der Waals surface area (Å²) in [7, 11) is 0. The third-order valence-corrected chi connectivity index (χ3v) is 3.75. The van der Waals surface area contributed by atoms with E-state index in [9.17, 15) is 0 Å². The molecule has 104 valence electrons. The lowest BCUT2D eigenvalue weighted by Gasteiger charge is -2.15. The zero-order valence-electron chi connectivity index (χ0n) is 12.2. The van der Waals surface area contributed by atoms with E-state index in [1.54, 1.807) is 0 Å². The Morgan fingerprint density at radius 3 is 2.65 bits per heavy atom. The van der Waals surface area contributed by atoms with Gasteiger partial charge < -0.3 is 5.32 Å². The third-order valence-electron chi connectivity index (χ3n) is 3.75. The molecule has 2 heterocycles. The minimum absolute atomic E-state index is 0.353. The van der Waals surface area contributed by atoms with Gasteiger partial charge in [-0.25, -0.2) is 9.97 Å². The molecule has 2 aromatic rings. The maximum Gasteiger partial charge on any atom is 0.131 e. The van der Waals surface area contributed by atoms with Gasteiger partial charge in [0.15, 0.2) is 0 Å². The number of fused-ring (bicyclic) bond motifs is 1. The van der Waals surface area contributed by atoms with Crippen molar-refractivity contribution in [2.24, 2.45) is 0 Å². The maximum absolute atomic E-state index is 4.86. The molecule has 0 atom stereocenters. The van der Waals surface area contributed by atoms with Crippen LogP contribution in [0.15, 0.2) is 30.3 Å². The van der Waals surface area contributed by atoms with Crippen LogP contribution in [-0.4, -0.2) is 16.5 Å². The molecule has 20 heavy (non-hydrogen) atoms. The molecule has 0 bridgehead atoms. The number of nitrogens with one attached hydrogen (secondary N) is 1. The number of aromatic nitrogens is 2. The van der Waals surface area contributed by atoms with Crippen LogP contribution in [0.1, 0.15) is 43.3 Å². The fraction of sp³-hybridized carbons (Fsp3) is 0.412. The van der Waals surface area contributed by atoms with Gasteiger partial charge in [0.05, 0.1) is 11.4 Å². The normalized spacial score (nSPS) is 14.9. The highest BCUT2D eigenvalue weighted by Crippen LogP contribution is 2.27. The van der Waals surface area contributed by atoms with Crippen molar-refractivity contribution in [3.8, 4) is 11.3 Å². The number of hydrogen-bond acceptors (Lipinski definition) is 3.